The number of unbranched alkanes of at least 4 members (excludes halogenated alkanes) is 2. The van der Waals surface area contributed by atoms with Crippen molar-refractivity contribution < 1.29 is 19.0 Å². The van der Waals surface area contributed by atoms with Crippen LogP contribution in [0.2, 0.25) is 0 Å². The molecule has 1 aromatic carbocycles. The van der Waals surface area contributed by atoms with E-state index in [0.29, 0.717) is 26.4 Å². The minimum absolute atomic E-state index is 0.205. The van der Waals surface area contributed by atoms with Crippen molar-refractivity contribution in [1.29, 1.82) is 0 Å². The Morgan fingerprint density at radius 1 is 1.00 bits per heavy atom. The Hall–Kier alpha value is -1.43. The fraction of sp³-hybridized carbons (Fsp3) is 0.591. The monoisotopic (exact) mass is 445 g/mol. The molecule has 0 heterocycles. The molecule has 0 aromatic heterocycles. The second-order valence-corrected chi connectivity index (χ2v) is 7.79. The number of hydrogen-bond acceptors (Lipinski definition) is 5. The molecule has 0 radical (unpaired) electrons. The molecule has 0 spiro atoms. The summed E-state index contributed by atoms with van der Waals surface area (Å²) in [7, 11) is 0. The number of ether oxygens (including phenoxy) is 3. The third-order valence-corrected chi connectivity index (χ3v) is 4.25. The van der Waals surface area contributed by atoms with Crippen molar-refractivity contribution in [3.05, 3.63) is 33.8 Å². The third kappa shape index (κ3) is 12.0. The van der Waals surface area contributed by atoms with E-state index in [1.807, 2.05) is 32.9 Å². The first-order valence-corrected chi connectivity index (χ1v) is 10.8. The zero-order valence-electron chi connectivity index (χ0n) is 17.9. The van der Waals surface area contributed by atoms with Crippen LogP contribution < -0.4 is 9.47 Å². The lowest BCUT2D eigenvalue weighted by Crippen LogP contribution is -2.05. The first-order chi connectivity index (χ1) is 13.9. The van der Waals surface area contributed by atoms with Crippen LogP contribution in [0.3, 0.4) is 0 Å². The average molecular weight is 446 g/mol. The lowest BCUT2D eigenvalue weighted by molar-refractivity contribution is 0.0488. The first kappa shape index (κ1) is 25.6. The second-order valence-electron chi connectivity index (χ2n) is 6.78. The minimum Gasteiger partial charge on any atom is -0.493 e. The van der Waals surface area contributed by atoms with E-state index in [1.165, 1.54) is 0 Å². The van der Waals surface area contributed by atoms with Gasteiger partial charge >= 0.3 is 0 Å². The smallest absolute Gasteiger partial charge is 0.140 e. The lowest BCUT2D eigenvalue weighted by atomic mass is 10.1. The van der Waals surface area contributed by atoms with Crippen molar-refractivity contribution in [1.82, 2.24) is 0 Å². The number of oxime groups is 1. The molecule has 7 heteroatoms. The Bertz CT molecular complexity index is 654. The summed E-state index contributed by atoms with van der Waals surface area (Å²) < 4.78 is 17.5. The number of benzene rings is 1. The van der Waals surface area contributed by atoms with Gasteiger partial charge in [-0.1, -0.05) is 35.3 Å². The van der Waals surface area contributed by atoms with Crippen LogP contribution in [0.1, 0.15) is 51.2 Å². The molecule has 1 aromatic rings. The Morgan fingerprint density at radius 2 is 1.76 bits per heavy atom. The average Bonchev–Trinajstić information content (AvgIpc) is 2.66. The van der Waals surface area contributed by atoms with Gasteiger partial charge in [0.15, 0.2) is 0 Å². The maximum absolute atomic E-state index is 6.05. The molecule has 0 aliphatic heterocycles. The summed E-state index contributed by atoms with van der Waals surface area (Å²) in [6, 6.07) is 3.99. The Morgan fingerprint density at radius 3 is 2.45 bits per heavy atom. The van der Waals surface area contributed by atoms with E-state index in [-0.39, 0.29) is 4.49 Å². The fourth-order valence-electron chi connectivity index (χ4n) is 2.59. The van der Waals surface area contributed by atoms with E-state index < -0.39 is 0 Å². The molecule has 5 nitrogen and oxygen atoms in total. The molecule has 164 valence electrons. The Balaban J connectivity index is 2.28. The molecule has 0 unspecified atom stereocenters. The molecule has 0 aliphatic carbocycles. The van der Waals surface area contributed by atoms with Gasteiger partial charge in [-0.15, -0.1) is 0 Å². The second kappa shape index (κ2) is 15.4. The summed E-state index contributed by atoms with van der Waals surface area (Å²) in [6.07, 6.45) is 5.53. The molecule has 0 saturated heterocycles. The molecule has 1 rings (SSSR count). The summed E-state index contributed by atoms with van der Waals surface area (Å²) in [6.45, 7) is 10.7. The number of rotatable bonds is 15. The normalized spacial score (nSPS) is 10.4. The first-order valence-electron chi connectivity index (χ1n) is 10.0. The topological polar surface area (TPSA) is 49.3 Å². The van der Waals surface area contributed by atoms with Gasteiger partial charge in [-0.2, -0.15) is 0 Å². The molecular formula is C22H33Cl2NO4. The zero-order valence-corrected chi connectivity index (χ0v) is 19.4. The molecule has 0 amide bonds. The van der Waals surface area contributed by atoms with E-state index in [0.717, 1.165) is 60.6 Å². The van der Waals surface area contributed by atoms with E-state index in [9.17, 15) is 0 Å². The van der Waals surface area contributed by atoms with Crippen LogP contribution in [0.5, 0.6) is 11.5 Å². The van der Waals surface area contributed by atoms with Gasteiger partial charge in [-0.25, -0.2) is 0 Å². The van der Waals surface area contributed by atoms with E-state index in [1.54, 1.807) is 6.08 Å². The van der Waals surface area contributed by atoms with Crippen molar-refractivity contribution in [3.63, 3.8) is 0 Å². The van der Waals surface area contributed by atoms with Crippen molar-refractivity contribution in [2.75, 3.05) is 33.0 Å². The molecule has 0 N–H and O–H groups in total. The van der Waals surface area contributed by atoms with Gasteiger partial charge in [-0.05, 0) is 75.8 Å². The third-order valence-electron chi connectivity index (χ3n) is 3.94. The van der Waals surface area contributed by atoms with Crippen LogP contribution in [0.4, 0.5) is 0 Å². The maximum Gasteiger partial charge on any atom is 0.140 e. The van der Waals surface area contributed by atoms with Crippen LogP contribution in [-0.2, 0) is 16.0 Å². The molecular weight excluding hydrogens is 413 g/mol. The summed E-state index contributed by atoms with van der Waals surface area (Å²) in [5.74, 6) is 1.74. The van der Waals surface area contributed by atoms with Gasteiger partial charge in [0.05, 0.1) is 18.9 Å². The predicted octanol–water partition coefficient (Wildman–Crippen LogP) is 6.23. The highest BCUT2D eigenvalue weighted by Crippen LogP contribution is 2.30. The molecule has 0 atom stereocenters. The van der Waals surface area contributed by atoms with Crippen LogP contribution in [-0.4, -0.2) is 38.7 Å². The van der Waals surface area contributed by atoms with E-state index in [2.05, 4.69) is 12.1 Å². The standard InChI is InChI=1S/C22H33Cl2NO4/c1-5-19-16-20(27-12-9-21(23)24)15-18(4)22(19)28-11-8-6-7-10-26-13-14-29-25-17(2)3/h9,15-16H,5-8,10-14H2,1-4H3. The molecule has 0 bridgehead atoms. The van der Waals surface area contributed by atoms with Gasteiger partial charge in [0, 0.05) is 6.61 Å². The predicted molar refractivity (Wildman–Crippen MR) is 121 cm³/mol. The van der Waals surface area contributed by atoms with E-state index >= 15 is 0 Å². The molecule has 0 saturated carbocycles. The van der Waals surface area contributed by atoms with Crippen molar-refractivity contribution in [2.45, 2.75) is 53.4 Å². The molecule has 0 fully saturated rings. The highest BCUT2D eigenvalue weighted by Gasteiger charge is 2.09. The maximum atomic E-state index is 6.05. The Kier molecular flexibility index (Phi) is 13.6. The number of hydrogen-bond donors (Lipinski definition) is 0. The highest BCUT2D eigenvalue weighted by molar-refractivity contribution is 6.55. The Labute approximate surface area is 184 Å². The molecule has 0 aliphatic rings. The SMILES string of the molecule is CCc1cc(OCC=C(Cl)Cl)cc(C)c1OCCCCCOCCON=C(C)C. The van der Waals surface area contributed by atoms with Crippen LogP contribution >= 0.6 is 23.2 Å². The van der Waals surface area contributed by atoms with Crippen molar-refractivity contribution in [2.24, 2.45) is 5.16 Å². The quantitative estimate of drug-likeness (QED) is 0.182. The molecule has 29 heavy (non-hydrogen) atoms. The summed E-state index contributed by atoms with van der Waals surface area (Å²) >= 11 is 11.2. The largest absolute Gasteiger partial charge is 0.493 e. The highest BCUT2D eigenvalue weighted by atomic mass is 35.5. The number of halogens is 2. The van der Waals surface area contributed by atoms with E-state index in [4.69, 9.17) is 42.3 Å². The van der Waals surface area contributed by atoms with Gasteiger partial charge in [0.2, 0.25) is 0 Å². The lowest BCUT2D eigenvalue weighted by Gasteiger charge is -2.15. The van der Waals surface area contributed by atoms with Gasteiger partial charge < -0.3 is 19.0 Å². The van der Waals surface area contributed by atoms with Crippen LogP contribution in [0.25, 0.3) is 0 Å². The fourth-order valence-corrected chi connectivity index (χ4v) is 2.72. The number of aryl methyl sites for hydroxylation is 2. The van der Waals surface area contributed by atoms with Crippen molar-refractivity contribution in [3.8, 4) is 11.5 Å². The van der Waals surface area contributed by atoms with Gasteiger partial charge in [0.1, 0.15) is 29.2 Å². The van der Waals surface area contributed by atoms with Gasteiger partial charge in [0.25, 0.3) is 0 Å². The zero-order chi connectivity index (χ0) is 21.5. The minimum atomic E-state index is 0.205. The van der Waals surface area contributed by atoms with Gasteiger partial charge in [-0.3, -0.25) is 0 Å². The summed E-state index contributed by atoms with van der Waals surface area (Å²) in [4.78, 5) is 5.08. The van der Waals surface area contributed by atoms with Crippen LogP contribution in [0, 0.1) is 6.92 Å². The summed E-state index contributed by atoms with van der Waals surface area (Å²) in [5, 5.41) is 3.86. The number of nitrogens with zero attached hydrogens (tertiary/aromatic N) is 1. The van der Waals surface area contributed by atoms with Crippen LogP contribution in [0.15, 0.2) is 27.9 Å². The van der Waals surface area contributed by atoms with Crippen molar-refractivity contribution >= 4 is 28.9 Å². The summed E-state index contributed by atoms with van der Waals surface area (Å²) in [5.41, 5.74) is 3.10.